The van der Waals surface area contributed by atoms with Crippen LogP contribution >= 0.6 is 0 Å². The number of aromatic nitrogens is 1. The Labute approximate surface area is 250 Å². The number of aryl methyl sites for hydroxylation is 2. The highest BCUT2D eigenvalue weighted by Crippen LogP contribution is 2.28. The second-order valence-corrected chi connectivity index (χ2v) is 9.92. The standard InChI is InChI=1S/C35H32N4O4/c1-24-9-15-29(16-10-24)37-34(40)23-43-32-20-12-26(21-33(32)42-3)22-36-38-35(41)28-13-17-30(18-14-28)39-25(2)11-19-31(39)27-7-5-4-6-8-27/h4-22H,23H2,1-3H3,(H,37,40)(H,38,41)/b36-22+. The number of methoxy groups -OCH3 is 1. The maximum Gasteiger partial charge on any atom is 0.271 e. The SMILES string of the molecule is COc1cc(/C=N/NC(=O)c2ccc(-n3c(C)ccc3-c3ccccc3)cc2)ccc1OCC(=O)Nc1ccc(C)cc1. The predicted octanol–water partition coefficient (Wildman–Crippen LogP) is 6.55. The number of carbonyl (C=O) groups is 2. The number of hydrogen-bond acceptors (Lipinski definition) is 5. The summed E-state index contributed by atoms with van der Waals surface area (Å²) in [5, 5.41) is 6.89. The van der Waals surface area contributed by atoms with E-state index in [-0.39, 0.29) is 18.4 Å². The fraction of sp³-hybridized carbons (Fsp3) is 0.114. The van der Waals surface area contributed by atoms with Gasteiger partial charge in [0.05, 0.1) is 19.0 Å². The van der Waals surface area contributed by atoms with E-state index in [2.05, 4.69) is 51.6 Å². The van der Waals surface area contributed by atoms with Gasteiger partial charge in [0.1, 0.15) is 0 Å². The molecule has 0 aliphatic carbocycles. The molecule has 0 bridgehead atoms. The van der Waals surface area contributed by atoms with Crippen molar-refractivity contribution in [1.29, 1.82) is 0 Å². The van der Waals surface area contributed by atoms with Gasteiger partial charge in [0.2, 0.25) is 0 Å². The van der Waals surface area contributed by atoms with E-state index in [0.29, 0.717) is 28.3 Å². The first-order chi connectivity index (χ1) is 20.9. The summed E-state index contributed by atoms with van der Waals surface area (Å²) < 4.78 is 13.2. The molecule has 0 saturated carbocycles. The Balaban J connectivity index is 1.18. The molecular formula is C35H32N4O4. The van der Waals surface area contributed by atoms with Gasteiger partial charge >= 0.3 is 0 Å². The van der Waals surface area contributed by atoms with Crippen molar-refractivity contribution < 1.29 is 19.1 Å². The number of anilines is 1. The van der Waals surface area contributed by atoms with Crippen LogP contribution < -0.4 is 20.2 Å². The van der Waals surface area contributed by atoms with E-state index in [4.69, 9.17) is 9.47 Å². The zero-order chi connectivity index (χ0) is 30.2. The van der Waals surface area contributed by atoms with E-state index in [0.717, 1.165) is 28.2 Å². The van der Waals surface area contributed by atoms with Crippen molar-refractivity contribution in [2.24, 2.45) is 5.10 Å². The summed E-state index contributed by atoms with van der Waals surface area (Å²) in [6, 6.07) is 34.4. The molecule has 0 radical (unpaired) electrons. The molecule has 216 valence electrons. The number of hydrogen-bond donors (Lipinski definition) is 2. The van der Waals surface area contributed by atoms with Crippen LogP contribution in [0.2, 0.25) is 0 Å². The predicted molar refractivity (Wildman–Crippen MR) is 169 cm³/mol. The van der Waals surface area contributed by atoms with Gasteiger partial charge < -0.3 is 19.4 Å². The molecule has 5 aromatic rings. The molecule has 5 rings (SSSR count). The van der Waals surface area contributed by atoms with Crippen molar-refractivity contribution >= 4 is 23.7 Å². The Morgan fingerprint density at radius 2 is 1.58 bits per heavy atom. The number of nitrogens with one attached hydrogen (secondary N) is 2. The summed E-state index contributed by atoms with van der Waals surface area (Å²) in [5.41, 5.74) is 9.79. The number of amides is 2. The molecule has 2 amide bonds. The second-order valence-electron chi connectivity index (χ2n) is 9.92. The molecule has 1 heterocycles. The first kappa shape index (κ1) is 28.9. The first-order valence-electron chi connectivity index (χ1n) is 13.8. The maximum atomic E-state index is 12.7. The number of benzene rings is 4. The molecule has 0 saturated heterocycles. The second kappa shape index (κ2) is 13.4. The quantitative estimate of drug-likeness (QED) is 0.147. The van der Waals surface area contributed by atoms with Crippen molar-refractivity contribution in [2.45, 2.75) is 13.8 Å². The molecule has 0 aliphatic heterocycles. The minimum Gasteiger partial charge on any atom is -0.493 e. The minimum absolute atomic E-state index is 0.177. The molecular weight excluding hydrogens is 540 g/mol. The van der Waals surface area contributed by atoms with Crippen LogP contribution in [0.5, 0.6) is 11.5 Å². The third-order valence-corrected chi connectivity index (χ3v) is 6.79. The molecule has 4 aromatic carbocycles. The Bertz CT molecular complexity index is 1740. The molecule has 2 N–H and O–H groups in total. The largest absolute Gasteiger partial charge is 0.493 e. The van der Waals surface area contributed by atoms with E-state index in [1.54, 1.807) is 30.3 Å². The van der Waals surface area contributed by atoms with Crippen LogP contribution in [-0.2, 0) is 4.79 Å². The van der Waals surface area contributed by atoms with E-state index < -0.39 is 0 Å². The van der Waals surface area contributed by atoms with Gasteiger partial charge in [-0.05, 0) is 91.7 Å². The third kappa shape index (κ3) is 7.18. The molecule has 1 aromatic heterocycles. The highest BCUT2D eigenvalue weighted by atomic mass is 16.5. The van der Waals surface area contributed by atoms with Gasteiger partial charge in [-0.2, -0.15) is 5.10 Å². The monoisotopic (exact) mass is 572 g/mol. The number of rotatable bonds is 10. The van der Waals surface area contributed by atoms with E-state index in [1.165, 1.54) is 13.3 Å². The normalized spacial score (nSPS) is 10.9. The Morgan fingerprint density at radius 1 is 0.837 bits per heavy atom. The van der Waals surface area contributed by atoms with Gasteiger partial charge in [0, 0.05) is 22.6 Å². The molecule has 0 atom stereocenters. The maximum absolute atomic E-state index is 12.7. The lowest BCUT2D eigenvalue weighted by atomic mass is 10.1. The summed E-state index contributed by atoms with van der Waals surface area (Å²) in [4.78, 5) is 25.0. The fourth-order valence-electron chi connectivity index (χ4n) is 4.57. The summed E-state index contributed by atoms with van der Waals surface area (Å²) in [5.74, 6) is 0.231. The lowest BCUT2D eigenvalue weighted by Gasteiger charge is -2.13. The van der Waals surface area contributed by atoms with E-state index in [9.17, 15) is 9.59 Å². The molecule has 8 nitrogen and oxygen atoms in total. The lowest BCUT2D eigenvalue weighted by molar-refractivity contribution is -0.118. The van der Waals surface area contributed by atoms with Crippen molar-refractivity contribution in [3.63, 3.8) is 0 Å². The van der Waals surface area contributed by atoms with Crippen molar-refractivity contribution in [3.8, 4) is 28.4 Å². The molecule has 0 fully saturated rings. The number of hydrazone groups is 1. The van der Waals surface area contributed by atoms with Gasteiger partial charge in [-0.1, -0.05) is 48.0 Å². The van der Waals surface area contributed by atoms with Gasteiger partial charge in [-0.3, -0.25) is 9.59 Å². The highest BCUT2D eigenvalue weighted by molar-refractivity contribution is 5.95. The van der Waals surface area contributed by atoms with Crippen LogP contribution in [0.3, 0.4) is 0 Å². The van der Waals surface area contributed by atoms with Crippen LogP contribution in [0.15, 0.2) is 114 Å². The van der Waals surface area contributed by atoms with Crippen LogP contribution in [0, 0.1) is 13.8 Å². The van der Waals surface area contributed by atoms with Crippen molar-refractivity contribution in [1.82, 2.24) is 9.99 Å². The van der Waals surface area contributed by atoms with Crippen molar-refractivity contribution in [2.75, 3.05) is 19.0 Å². The molecule has 0 spiro atoms. The molecule has 43 heavy (non-hydrogen) atoms. The summed E-state index contributed by atoms with van der Waals surface area (Å²) in [7, 11) is 1.51. The Kier molecular flexibility index (Phi) is 8.97. The van der Waals surface area contributed by atoms with E-state index in [1.807, 2.05) is 61.5 Å². The number of nitrogens with zero attached hydrogens (tertiary/aromatic N) is 2. The van der Waals surface area contributed by atoms with Gasteiger partial charge in [0.25, 0.3) is 11.8 Å². The topological polar surface area (TPSA) is 93.9 Å². The zero-order valence-electron chi connectivity index (χ0n) is 24.2. The molecule has 0 aliphatic rings. The highest BCUT2D eigenvalue weighted by Gasteiger charge is 2.12. The van der Waals surface area contributed by atoms with Crippen LogP contribution in [-0.4, -0.2) is 36.3 Å². The van der Waals surface area contributed by atoms with Crippen molar-refractivity contribution in [3.05, 3.63) is 132 Å². The lowest BCUT2D eigenvalue weighted by Crippen LogP contribution is -2.20. The fourth-order valence-corrected chi connectivity index (χ4v) is 4.57. The number of carbonyl (C=O) groups excluding carboxylic acids is 2. The average Bonchev–Trinajstić information content (AvgIpc) is 3.43. The van der Waals surface area contributed by atoms with Crippen LogP contribution in [0.25, 0.3) is 16.9 Å². The first-order valence-corrected chi connectivity index (χ1v) is 13.8. The summed E-state index contributed by atoms with van der Waals surface area (Å²) in [6.45, 7) is 3.86. The third-order valence-electron chi connectivity index (χ3n) is 6.79. The number of ether oxygens (including phenoxy) is 2. The Hall–Kier alpha value is -5.63. The van der Waals surface area contributed by atoms with Gasteiger partial charge in [0.15, 0.2) is 18.1 Å². The van der Waals surface area contributed by atoms with Gasteiger partial charge in [-0.15, -0.1) is 0 Å². The summed E-state index contributed by atoms with van der Waals surface area (Å²) in [6.07, 6.45) is 1.51. The zero-order valence-corrected chi connectivity index (χ0v) is 24.2. The average molecular weight is 573 g/mol. The molecule has 0 unspecified atom stereocenters. The van der Waals surface area contributed by atoms with Gasteiger partial charge in [-0.25, -0.2) is 5.43 Å². The summed E-state index contributed by atoms with van der Waals surface area (Å²) >= 11 is 0. The van der Waals surface area contributed by atoms with Crippen LogP contribution in [0.4, 0.5) is 5.69 Å². The van der Waals surface area contributed by atoms with Crippen LogP contribution in [0.1, 0.15) is 27.2 Å². The van der Waals surface area contributed by atoms with E-state index >= 15 is 0 Å². The Morgan fingerprint density at radius 3 is 2.30 bits per heavy atom. The molecule has 8 heteroatoms. The smallest absolute Gasteiger partial charge is 0.271 e. The minimum atomic E-state index is -0.332.